The van der Waals surface area contributed by atoms with Gasteiger partial charge in [0.25, 0.3) is 0 Å². The summed E-state index contributed by atoms with van der Waals surface area (Å²) in [6.07, 6.45) is -5.05. The van der Waals surface area contributed by atoms with E-state index in [2.05, 4.69) is 4.74 Å². The van der Waals surface area contributed by atoms with Gasteiger partial charge in [0.1, 0.15) is 12.8 Å². The zero-order chi connectivity index (χ0) is 19.7. The maximum atomic E-state index is 12.3. The largest absolute Gasteiger partial charge is 0.471 e. The van der Waals surface area contributed by atoms with Gasteiger partial charge in [-0.2, -0.15) is 13.2 Å². The fraction of sp³-hybridized carbons (Fsp3) is 0.438. The van der Waals surface area contributed by atoms with Gasteiger partial charge in [0.2, 0.25) is 5.91 Å². The number of esters is 1. The van der Waals surface area contributed by atoms with Crippen LogP contribution in [0.1, 0.15) is 5.56 Å². The first-order valence-corrected chi connectivity index (χ1v) is 7.45. The number of nitrogens with one attached hydrogen (secondary N) is 1. The van der Waals surface area contributed by atoms with Crippen molar-refractivity contribution in [1.29, 1.82) is 0 Å². The van der Waals surface area contributed by atoms with Gasteiger partial charge in [0.15, 0.2) is 0 Å². The van der Waals surface area contributed by atoms with Gasteiger partial charge < -0.3 is 19.7 Å². The van der Waals surface area contributed by atoms with Gasteiger partial charge >= 0.3 is 18.1 Å². The average molecular weight is 376 g/mol. The summed E-state index contributed by atoms with van der Waals surface area (Å²) >= 11 is 0. The van der Waals surface area contributed by atoms with Crippen molar-refractivity contribution in [2.24, 2.45) is 0 Å². The molecule has 0 heterocycles. The molecule has 0 radical (unpaired) electrons. The molecule has 144 valence electrons. The van der Waals surface area contributed by atoms with Gasteiger partial charge in [-0.05, 0) is 5.56 Å². The summed E-state index contributed by atoms with van der Waals surface area (Å²) in [5, 5.41) is 1.47. The Kier molecular flexibility index (Phi) is 8.04. The van der Waals surface area contributed by atoms with Crippen molar-refractivity contribution in [3.63, 3.8) is 0 Å². The summed E-state index contributed by atoms with van der Waals surface area (Å²) < 4.78 is 46.3. The number of carbonyl (C=O) groups excluding carboxylic acids is 3. The Balaban J connectivity index is 2.94. The van der Waals surface area contributed by atoms with Crippen molar-refractivity contribution < 1.29 is 37.0 Å². The normalized spacial score (nSPS) is 12.2. The molecule has 0 aliphatic heterocycles. The van der Waals surface area contributed by atoms with Crippen LogP contribution in [0.4, 0.5) is 13.2 Å². The van der Waals surface area contributed by atoms with Gasteiger partial charge in [-0.1, -0.05) is 30.3 Å². The van der Waals surface area contributed by atoms with Crippen LogP contribution in [-0.4, -0.2) is 62.4 Å². The van der Waals surface area contributed by atoms with Crippen LogP contribution in [0.15, 0.2) is 30.3 Å². The van der Waals surface area contributed by atoms with E-state index in [-0.39, 0.29) is 13.2 Å². The standard InChI is InChI=1S/C16H19F3N2O5/c1-25-10-21(13(22)9-20-15(24)16(17,18)19)12(14(23)26-2)8-11-6-4-3-5-7-11/h3-7,12H,8-10H2,1-2H3,(H,20,24)/t12-/m0/s1. The number of rotatable bonds is 8. The number of methoxy groups -OCH3 is 2. The molecule has 0 unspecified atom stereocenters. The molecular formula is C16H19F3N2O5. The van der Waals surface area contributed by atoms with E-state index in [0.717, 1.165) is 12.0 Å². The summed E-state index contributed by atoms with van der Waals surface area (Å²) in [6, 6.07) is 7.54. The number of amides is 2. The second-order valence-electron chi connectivity index (χ2n) is 5.19. The van der Waals surface area contributed by atoms with Crippen molar-refractivity contribution >= 4 is 17.8 Å². The van der Waals surface area contributed by atoms with E-state index in [4.69, 9.17) is 4.74 Å². The highest BCUT2D eigenvalue weighted by molar-refractivity contribution is 5.89. The third-order valence-electron chi connectivity index (χ3n) is 3.37. The minimum atomic E-state index is -5.11. The number of benzene rings is 1. The van der Waals surface area contributed by atoms with Crippen LogP contribution in [-0.2, 0) is 30.3 Å². The van der Waals surface area contributed by atoms with Gasteiger partial charge in [-0.15, -0.1) is 0 Å². The first-order valence-electron chi connectivity index (χ1n) is 7.45. The van der Waals surface area contributed by atoms with E-state index in [0.29, 0.717) is 5.56 Å². The lowest BCUT2D eigenvalue weighted by Gasteiger charge is -2.29. The minimum Gasteiger partial charge on any atom is -0.467 e. The van der Waals surface area contributed by atoms with E-state index in [1.54, 1.807) is 30.3 Å². The molecule has 1 N–H and O–H groups in total. The van der Waals surface area contributed by atoms with Crippen LogP contribution in [0.2, 0.25) is 0 Å². The maximum Gasteiger partial charge on any atom is 0.471 e. The summed E-state index contributed by atoms with van der Waals surface area (Å²) in [4.78, 5) is 36.2. The van der Waals surface area contributed by atoms with E-state index in [9.17, 15) is 27.6 Å². The molecule has 0 saturated carbocycles. The van der Waals surface area contributed by atoms with Crippen LogP contribution in [0.5, 0.6) is 0 Å². The van der Waals surface area contributed by atoms with E-state index < -0.39 is 36.5 Å². The van der Waals surface area contributed by atoms with Crippen LogP contribution in [0.25, 0.3) is 0 Å². The second kappa shape index (κ2) is 9.76. The fourth-order valence-electron chi connectivity index (χ4n) is 2.13. The van der Waals surface area contributed by atoms with Crippen LogP contribution in [0, 0.1) is 0 Å². The number of ether oxygens (including phenoxy) is 2. The van der Waals surface area contributed by atoms with Gasteiger partial charge in [-0.3, -0.25) is 9.59 Å². The van der Waals surface area contributed by atoms with Gasteiger partial charge in [-0.25, -0.2) is 4.79 Å². The lowest BCUT2D eigenvalue weighted by molar-refractivity contribution is -0.174. The van der Waals surface area contributed by atoms with Crippen molar-refractivity contribution in [3.05, 3.63) is 35.9 Å². The molecule has 0 aliphatic carbocycles. The highest BCUT2D eigenvalue weighted by atomic mass is 19.4. The second-order valence-corrected chi connectivity index (χ2v) is 5.19. The summed E-state index contributed by atoms with van der Waals surface area (Å²) in [5.41, 5.74) is 0.705. The molecule has 0 fully saturated rings. The number of halogens is 3. The van der Waals surface area contributed by atoms with Crippen LogP contribution < -0.4 is 5.32 Å². The molecule has 0 bridgehead atoms. The smallest absolute Gasteiger partial charge is 0.467 e. The first kappa shape index (κ1) is 21.4. The Morgan fingerprint density at radius 2 is 1.77 bits per heavy atom. The third-order valence-corrected chi connectivity index (χ3v) is 3.37. The maximum absolute atomic E-state index is 12.3. The van der Waals surface area contributed by atoms with Gasteiger partial charge in [0, 0.05) is 13.5 Å². The molecule has 1 aromatic carbocycles. The Labute approximate surface area is 148 Å². The number of hydrogen-bond donors (Lipinski definition) is 1. The molecule has 10 heteroatoms. The highest BCUT2D eigenvalue weighted by Crippen LogP contribution is 2.15. The topological polar surface area (TPSA) is 84.9 Å². The molecule has 2 amide bonds. The van der Waals surface area contributed by atoms with Crippen molar-refractivity contribution in [2.45, 2.75) is 18.6 Å². The van der Waals surface area contributed by atoms with E-state index >= 15 is 0 Å². The Bertz CT molecular complexity index is 622. The average Bonchev–Trinajstić information content (AvgIpc) is 2.61. The quantitative estimate of drug-likeness (QED) is 0.538. The lowest BCUT2D eigenvalue weighted by atomic mass is 10.0. The number of hydrogen-bond acceptors (Lipinski definition) is 5. The molecular weight excluding hydrogens is 357 g/mol. The number of alkyl halides is 3. The highest BCUT2D eigenvalue weighted by Gasteiger charge is 2.39. The van der Waals surface area contributed by atoms with Gasteiger partial charge in [0.05, 0.1) is 13.7 Å². The van der Waals surface area contributed by atoms with Crippen molar-refractivity contribution in [3.8, 4) is 0 Å². The summed E-state index contributed by atoms with van der Waals surface area (Å²) in [7, 11) is 2.38. The third kappa shape index (κ3) is 6.36. The molecule has 7 nitrogen and oxygen atoms in total. The monoisotopic (exact) mass is 376 g/mol. The number of carbonyl (C=O) groups is 3. The predicted molar refractivity (Wildman–Crippen MR) is 83.7 cm³/mol. The summed E-state index contributed by atoms with van der Waals surface area (Å²) in [6.45, 7) is -1.31. The van der Waals surface area contributed by atoms with E-state index in [1.807, 2.05) is 0 Å². The predicted octanol–water partition coefficient (Wildman–Crippen LogP) is 0.882. The zero-order valence-electron chi connectivity index (χ0n) is 14.2. The van der Waals surface area contributed by atoms with Crippen LogP contribution >= 0.6 is 0 Å². The Morgan fingerprint density at radius 3 is 2.27 bits per heavy atom. The fourth-order valence-corrected chi connectivity index (χ4v) is 2.13. The Morgan fingerprint density at radius 1 is 1.15 bits per heavy atom. The lowest BCUT2D eigenvalue weighted by Crippen LogP contribution is -2.52. The molecule has 26 heavy (non-hydrogen) atoms. The SMILES string of the molecule is COCN(C(=O)CNC(=O)C(F)(F)F)[C@@H](Cc1ccccc1)C(=O)OC. The molecule has 1 atom stereocenters. The Hall–Kier alpha value is -2.62. The molecule has 0 aliphatic rings. The first-order chi connectivity index (χ1) is 12.2. The van der Waals surface area contributed by atoms with Crippen molar-refractivity contribution in [1.82, 2.24) is 10.2 Å². The molecule has 0 aromatic heterocycles. The van der Waals surface area contributed by atoms with E-state index in [1.165, 1.54) is 12.4 Å². The summed E-state index contributed by atoms with van der Waals surface area (Å²) in [5.74, 6) is -3.93. The van der Waals surface area contributed by atoms with Crippen molar-refractivity contribution in [2.75, 3.05) is 27.5 Å². The molecule has 0 saturated heterocycles. The molecule has 1 aromatic rings. The minimum absolute atomic E-state index is 0.0653. The zero-order valence-corrected chi connectivity index (χ0v) is 14.2. The molecule has 0 spiro atoms. The van der Waals surface area contributed by atoms with Crippen LogP contribution in [0.3, 0.4) is 0 Å². The molecule has 1 rings (SSSR count). The number of nitrogens with zero attached hydrogens (tertiary/aromatic N) is 1.